The number of carbonyl (C=O) groups is 2. The van der Waals surface area contributed by atoms with Gasteiger partial charge in [-0.05, 0) is 64.3 Å². The van der Waals surface area contributed by atoms with Crippen molar-refractivity contribution in [1.29, 1.82) is 0 Å². The van der Waals surface area contributed by atoms with Gasteiger partial charge in [-0.1, -0.05) is 46.6 Å². The molecule has 1 spiro atoms. The summed E-state index contributed by atoms with van der Waals surface area (Å²) in [6.45, 7) is 0. The standard InChI is InChI=1S/C29H14N6O5/c30-34-32-17-4-7-19-14(11-17)2-9-22-25(19)39-26-20-8-5-18(33-35-31)12-15(20)3-10-23(26)29(22)24-13-16(27(36)37)1-6-21(24)28(38)40-29/h1-13H,(H,36,37). The van der Waals surface area contributed by atoms with E-state index >= 15 is 0 Å². The predicted octanol–water partition coefficient (Wildman–Crippen LogP) is 8.14. The van der Waals surface area contributed by atoms with Crippen molar-refractivity contribution >= 4 is 44.9 Å². The van der Waals surface area contributed by atoms with Gasteiger partial charge < -0.3 is 14.6 Å². The number of rotatable bonds is 3. The summed E-state index contributed by atoms with van der Waals surface area (Å²) >= 11 is 0. The van der Waals surface area contributed by atoms with E-state index < -0.39 is 17.5 Å². The average Bonchev–Trinajstić information content (AvgIpc) is 3.25. The molecule has 190 valence electrons. The maximum absolute atomic E-state index is 13.3. The fraction of sp³-hybridized carbons (Fsp3) is 0.0345. The molecule has 7 rings (SSSR count). The number of nitrogens with zero attached hydrogens (tertiary/aromatic N) is 6. The maximum Gasteiger partial charge on any atom is 0.340 e. The first kappa shape index (κ1) is 23.1. The lowest BCUT2D eigenvalue weighted by Crippen LogP contribution is -2.33. The second-order valence-corrected chi connectivity index (χ2v) is 9.31. The highest BCUT2D eigenvalue weighted by Gasteiger charge is 2.54. The van der Waals surface area contributed by atoms with Crippen molar-refractivity contribution in [3.05, 3.63) is 128 Å². The van der Waals surface area contributed by atoms with Gasteiger partial charge in [0.15, 0.2) is 5.60 Å². The van der Waals surface area contributed by atoms with Crippen LogP contribution in [0.1, 0.15) is 37.4 Å². The lowest BCUT2D eigenvalue weighted by Gasteiger charge is -2.37. The zero-order chi connectivity index (χ0) is 27.6. The van der Waals surface area contributed by atoms with Crippen LogP contribution >= 0.6 is 0 Å². The van der Waals surface area contributed by atoms with E-state index in [1.165, 1.54) is 18.2 Å². The first-order valence-electron chi connectivity index (χ1n) is 12.0. The summed E-state index contributed by atoms with van der Waals surface area (Å²) in [7, 11) is 0. The van der Waals surface area contributed by atoms with Crippen LogP contribution in [-0.2, 0) is 10.3 Å². The zero-order valence-electron chi connectivity index (χ0n) is 20.3. The molecular weight excluding hydrogens is 512 g/mol. The SMILES string of the molecule is [N-]=[N+]=Nc1ccc2c3c(ccc2c1)C1(OC(=O)c2ccc(C(=O)O)cc21)c1ccc2cc(N=[N+]=[N-])ccc2c1O3. The maximum atomic E-state index is 13.3. The third-order valence-electron chi connectivity index (χ3n) is 7.30. The number of carboxylic acids is 1. The van der Waals surface area contributed by atoms with Crippen LogP contribution < -0.4 is 4.74 Å². The van der Waals surface area contributed by atoms with E-state index in [0.717, 1.165) is 10.8 Å². The number of benzene rings is 5. The van der Waals surface area contributed by atoms with E-state index in [0.29, 0.717) is 50.3 Å². The van der Waals surface area contributed by atoms with E-state index in [2.05, 4.69) is 20.1 Å². The van der Waals surface area contributed by atoms with Gasteiger partial charge in [-0.2, -0.15) is 0 Å². The Kier molecular flexibility index (Phi) is 4.76. The first-order valence-corrected chi connectivity index (χ1v) is 12.0. The molecule has 0 fully saturated rings. The van der Waals surface area contributed by atoms with E-state index in [9.17, 15) is 14.7 Å². The molecule has 1 N–H and O–H groups in total. The fourth-order valence-corrected chi connectivity index (χ4v) is 5.62. The van der Waals surface area contributed by atoms with Crippen molar-refractivity contribution in [2.24, 2.45) is 10.2 Å². The molecule has 0 unspecified atom stereocenters. The molecule has 11 heteroatoms. The van der Waals surface area contributed by atoms with Crippen LogP contribution in [0, 0.1) is 0 Å². The molecule has 5 aromatic rings. The quantitative estimate of drug-likeness (QED) is 0.108. The molecule has 2 aliphatic rings. The summed E-state index contributed by atoms with van der Waals surface area (Å²) in [5.74, 6) is -0.919. The van der Waals surface area contributed by atoms with Crippen LogP contribution in [0.5, 0.6) is 11.5 Å². The van der Waals surface area contributed by atoms with Gasteiger partial charge in [0.25, 0.3) is 0 Å². The molecule has 0 amide bonds. The largest absolute Gasteiger partial charge is 0.478 e. The monoisotopic (exact) mass is 526 g/mol. The summed E-state index contributed by atoms with van der Waals surface area (Å²) < 4.78 is 12.8. The van der Waals surface area contributed by atoms with Crippen LogP contribution in [0.3, 0.4) is 0 Å². The Bertz CT molecular complexity index is 1990. The minimum Gasteiger partial charge on any atom is -0.478 e. The van der Waals surface area contributed by atoms with Crippen LogP contribution in [0.2, 0.25) is 0 Å². The first-order chi connectivity index (χ1) is 19.4. The van der Waals surface area contributed by atoms with Crippen LogP contribution in [-0.4, -0.2) is 17.0 Å². The Morgan fingerprint density at radius 1 is 0.750 bits per heavy atom. The lowest BCUT2D eigenvalue weighted by atomic mass is 9.76. The Hall–Kier alpha value is -6.02. The molecule has 0 saturated heterocycles. The molecule has 0 aliphatic carbocycles. The normalized spacial score (nSPS) is 16.2. The highest BCUT2D eigenvalue weighted by atomic mass is 16.6. The molecule has 0 bridgehead atoms. The van der Waals surface area contributed by atoms with Crippen molar-refractivity contribution in [3.63, 3.8) is 0 Å². The number of carboxylic acid groups (broad SMARTS) is 1. The third-order valence-corrected chi connectivity index (χ3v) is 7.30. The summed E-state index contributed by atoms with van der Waals surface area (Å²) in [5.41, 5.74) is 18.8. The van der Waals surface area contributed by atoms with E-state index in [4.69, 9.17) is 20.5 Å². The van der Waals surface area contributed by atoms with Gasteiger partial charge in [-0.15, -0.1) is 0 Å². The molecule has 11 nitrogen and oxygen atoms in total. The van der Waals surface area contributed by atoms with E-state index in [1.54, 1.807) is 60.7 Å². The lowest BCUT2D eigenvalue weighted by molar-refractivity contribution is 0.0226. The second-order valence-electron chi connectivity index (χ2n) is 9.31. The Labute approximate surface area is 224 Å². The number of esters is 1. The molecule has 2 heterocycles. The molecule has 0 atom stereocenters. The van der Waals surface area contributed by atoms with Gasteiger partial charge in [-0.25, -0.2) is 9.59 Å². The zero-order valence-corrected chi connectivity index (χ0v) is 20.3. The number of fused-ring (bicyclic) bond motifs is 10. The van der Waals surface area contributed by atoms with Crippen LogP contribution in [0.15, 0.2) is 89.1 Å². The van der Waals surface area contributed by atoms with Crippen molar-refractivity contribution in [2.45, 2.75) is 5.60 Å². The number of hydrogen-bond donors (Lipinski definition) is 1. The van der Waals surface area contributed by atoms with Gasteiger partial charge >= 0.3 is 11.9 Å². The number of aromatic carboxylic acids is 1. The summed E-state index contributed by atoms with van der Waals surface area (Å²) in [4.78, 5) is 31.0. The molecule has 0 aromatic heterocycles. The van der Waals surface area contributed by atoms with Gasteiger partial charge in [0.1, 0.15) is 11.5 Å². The third kappa shape index (κ3) is 3.07. The molecular formula is C29H14N6O5. The van der Waals surface area contributed by atoms with Crippen molar-refractivity contribution < 1.29 is 24.2 Å². The highest BCUT2D eigenvalue weighted by molar-refractivity contribution is 6.02. The van der Waals surface area contributed by atoms with Crippen molar-refractivity contribution in [1.82, 2.24) is 0 Å². The van der Waals surface area contributed by atoms with Gasteiger partial charge in [-0.3, -0.25) is 0 Å². The minimum absolute atomic E-state index is 0.00519. The Morgan fingerprint density at radius 3 is 1.85 bits per heavy atom. The highest BCUT2D eigenvalue weighted by Crippen LogP contribution is 2.59. The Balaban J connectivity index is 1.61. The van der Waals surface area contributed by atoms with Gasteiger partial charge in [0.05, 0.1) is 11.1 Å². The summed E-state index contributed by atoms with van der Waals surface area (Å²) in [5, 5.41) is 19.9. The van der Waals surface area contributed by atoms with Crippen LogP contribution in [0.25, 0.3) is 42.4 Å². The number of hydrogen-bond acceptors (Lipinski definition) is 6. The molecule has 2 aliphatic heterocycles. The number of ether oxygens (including phenoxy) is 2. The van der Waals surface area contributed by atoms with Gasteiger partial charge in [0.2, 0.25) is 0 Å². The van der Waals surface area contributed by atoms with Crippen molar-refractivity contribution in [3.8, 4) is 11.5 Å². The molecule has 0 saturated carbocycles. The molecule has 0 radical (unpaired) electrons. The van der Waals surface area contributed by atoms with E-state index in [-0.39, 0.29) is 11.1 Å². The summed E-state index contributed by atoms with van der Waals surface area (Å²) in [6, 6.07) is 21.7. The van der Waals surface area contributed by atoms with E-state index in [1.807, 2.05) is 0 Å². The van der Waals surface area contributed by atoms with Crippen molar-refractivity contribution in [2.75, 3.05) is 0 Å². The van der Waals surface area contributed by atoms with Gasteiger partial charge in [0, 0.05) is 48.7 Å². The average molecular weight is 526 g/mol. The van der Waals surface area contributed by atoms with Crippen LogP contribution in [0.4, 0.5) is 11.4 Å². The fourth-order valence-electron chi connectivity index (χ4n) is 5.62. The minimum atomic E-state index is -1.50. The second kappa shape index (κ2) is 8.24. The molecule has 5 aromatic carbocycles. The summed E-state index contributed by atoms with van der Waals surface area (Å²) in [6.07, 6.45) is 0. The Morgan fingerprint density at radius 2 is 1.32 bits per heavy atom. The molecule has 40 heavy (non-hydrogen) atoms. The topological polar surface area (TPSA) is 170 Å². The number of carbonyl (C=O) groups excluding carboxylic acids is 1. The smallest absolute Gasteiger partial charge is 0.340 e. The predicted molar refractivity (Wildman–Crippen MR) is 144 cm³/mol. The number of azide groups is 2.